The van der Waals surface area contributed by atoms with Crippen molar-refractivity contribution in [1.82, 2.24) is 9.97 Å². The van der Waals surface area contributed by atoms with Gasteiger partial charge < -0.3 is 10.1 Å². The van der Waals surface area contributed by atoms with Crippen LogP contribution < -0.4 is 10.1 Å². The zero-order chi connectivity index (χ0) is 13.0. The van der Waals surface area contributed by atoms with E-state index in [1.165, 1.54) is 12.4 Å². The lowest BCUT2D eigenvalue weighted by Crippen LogP contribution is -2.04. The van der Waals surface area contributed by atoms with Crippen LogP contribution in [0.4, 0.5) is 10.2 Å². The van der Waals surface area contributed by atoms with Gasteiger partial charge in [-0.15, -0.1) is 0 Å². The maximum Gasteiger partial charge on any atom is 0.221 e. The summed E-state index contributed by atoms with van der Waals surface area (Å²) < 4.78 is 18.9. The van der Waals surface area contributed by atoms with Crippen LogP contribution >= 0.6 is 0 Å². The second-order valence-electron chi connectivity index (χ2n) is 3.78. The fourth-order valence-corrected chi connectivity index (χ4v) is 1.59. The number of ether oxygens (including phenoxy) is 1. The molecule has 2 rings (SSSR count). The summed E-state index contributed by atoms with van der Waals surface area (Å²) in [7, 11) is 1.77. The SMILES string of the molecule is CNc1ncnc(OCc2ccccc2F)c1C. The molecule has 0 spiro atoms. The molecule has 0 saturated heterocycles. The molecule has 1 aromatic heterocycles. The quantitative estimate of drug-likeness (QED) is 0.902. The van der Waals surface area contributed by atoms with Crippen molar-refractivity contribution in [1.29, 1.82) is 0 Å². The molecule has 94 valence electrons. The zero-order valence-corrected chi connectivity index (χ0v) is 10.3. The van der Waals surface area contributed by atoms with Gasteiger partial charge in [0, 0.05) is 12.6 Å². The Labute approximate surface area is 105 Å². The van der Waals surface area contributed by atoms with Crippen molar-refractivity contribution in [2.24, 2.45) is 0 Å². The monoisotopic (exact) mass is 247 g/mol. The Morgan fingerprint density at radius 1 is 1.28 bits per heavy atom. The van der Waals surface area contributed by atoms with Gasteiger partial charge in [-0.05, 0) is 13.0 Å². The van der Waals surface area contributed by atoms with Gasteiger partial charge in [-0.3, -0.25) is 0 Å². The predicted octanol–water partition coefficient (Wildman–Crippen LogP) is 2.54. The normalized spacial score (nSPS) is 10.2. The minimum absolute atomic E-state index is 0.147. The summed E-state index contributed by atoms with van der Waals surface area (Å²) in [6, 6.07) is 6.51. The molecule has 1 aromatic carbocycles. The van der Waals surface area contributed by atoms with Crippen LogP contribution in [0, 0.1) is 12.7 Å². The van der Waals surface area contributed by atoms with Crippen molar-refractivity contribution in [2.75, 3.05) is 12.4 Å². The van der Waals surface area contributed by atoms with Crippen molar-refractivity contribution in [2.45, 2.75) is 13.5 Å². The van der Waals surface area contributed by atoms with Gasteiger partial charge in [-0.2, -0.15) is 0 Å². The van der Waals surface area contributed by atoms with Crippen molar-refractivity contribution < 1.29 is 9.13 Å². The average molecular weight is 247 g/mol. The molecular formula is C13H14FN3O. The number of nitrogens with zero attached hydrogens (tertiary/aromatic N) is 2. The number of rotatable bonds is 4. The highest BCUT2D eigenvalue weighted by Crippen LogP contribution is 2.21. The number of halogens is 1. The number of nitrogens with one attached hydrogen (secondary N) is 1. The number of hydrogen-bond donors (Lipinski definition) is 1. The van der Waals surface area contributed by atoms with Gasteiger partial charge in [0.15, 0.2) is 0 Å². The third-order valence-electron chi connectivity index (χ3n) is 2.60. The smallest absolute Gasteiger partial charge is 0.221 e. The summed E-state index contributed by atoms with van der Waals surface area (Å²) in [5.74, 6) is 0.879. The van der Waals surface area contributed by atoms with Gasteiger partial charge in [0.1, 0.15) is 24.6 Å². The molecular weight excluding hydrogens is 233 g/mol. The van der Waals surface area contributed by atoms with E-state index in [4.69, 9.17) is 4.74 Å². The van der Waals surface area contributed by atoms with Crippen LogP contribution in [0.15, 0.2) is 30.6 Å². The van der Waals surface area contributed by atoms with Gasteiger partial charge in [-0.1, -0.05) is 18.2 Å². The van der Waals surface area contributed by atoms with E-state index in [-0.39, 0.29) is 12.4 Å². The zero-order valence-electron chi connectivity index (χ0n) is 10.3. The van der Waals surface area contributed by atoms with Crippen LogP contribution in [0.5, 0.6) is 5.88 Å². The van der Waals surface area contributed by atoms with Crippen LogP contribution in [0.3, 0.4) is 0 Å². The van der Waals surface area contributed by atoms with Gasteiger partial charge in [-0.25, -0.2) is 14.4 Å². The molecule has 0 bridgehead atoms. The molecule has 0 saturated carbocycles. The minimum atomic E-state index is -0.280. The first-order chi connectivity index (χ1) is 8.72. The first kappa shape index (κ1) is 12.3. The molecule has 5 heteroatoms. The summed E-state index contributed by atoms with van der Waals surface area (Å²) in [4.78, 5) is 8.09. The van der Waals surface area contributed by atoms with Gasteiger partial charge in [0.05, 0.1) is 5.56 Å². The molecule has 2 aromatic rings. The number of anilines is 1. The first-order valence-electron chi connectivity index (χ1n) is 5.58. The summed E-state index contributed by atoms with van der Waals surface area (Å²) in [6.07, 6.45) is 1.41. The van der Waals surface area contributed by atoms with E-state index in [0.717, 1.165) is 5.56 Å². The summed E-state index contributed by atoms with van der Waals surface area (Å²) in [6.45, 7) is 2.00. The van der Waals surface area contributed by atoms with Crippen molar-refractivity contribution >= 4 is 5.82 Å². The predicted molar refractivity (Wildman–Crippen MR) is 67.0 cm³/mol. The molecule has 4 nitrogen and oxygen atoms in total. The molecule has 0 radical (unpaired) electrons. The van der Waals surface area contributed by atoms with E-state index in [2.05, 4.69) is 15.3 Å². The summed E-state index contributed by atoms with van der Waals surface area (Å²) in [5.41, 5.74) is 1.30. The van der Waals surface area contributed by atoms with E-state index in [0.29, 0.717) is 17.3 Å². The van der Waals surface area contributed by atoms with E-state index in [1.807, 2.05) is 6.92 Å². The molecule has 1 N–H and O–H groups in total. The number of benzene rings is 1. The lowest BCUT2D eigenvalue weighted by molar-refractivity contribution is 0.285. The third-order valence-corrected chi connectivity index (χ3v) is 2.60. The van der Waals surface area contributed by atoms with Crippen molar-refractivity contribution in [3.05, 3.63) is 47.5 Å². The third kappa shape index (κ3) is 2.56. The van der Waals surface area contributed by atoms with Crippen LogP contribution in [0.25, 0.3) is 0 Å². The lowest BCUT2D eigenvalue weighted by atomic mass is 10.2. The Hall–Kier alpha value is -2.17. The van der Waals surface area contributed by atoms with E-state index >= 15 is 0 Å². The number of hydrogen-bond acceptors (Lipinski definition) is 4. The second-order valence-corrected chi connectivity index (χ2v) is 3.78. The first-order valence-corrected chi connectivity index (χ1v) is 5.58. The van der Waals surface area contributed by atoms with E-state index in [1.54, 1.807) is 25.2 Å². The minimum Gasteiger partial charge on any atom is -0.472 e. The Morgan fingerprint density at radius 2 is 2.06 bits per heavy atom. The molecule has 0 aliphatic carbocycles. The summed E-state index contributed by atoms with van der Waals surface area (Å²) >= 11 is 0. The molecule has 1 heterocycles. The van der Waals surface area contributed by atoms with Crippen molar-refractivity contribution in [3.8, 4) is 5.88 Å². The topological polar surface area (TPSA) is 47.0 Å². The molecule has 0 fully saturated rings. The Morgan fingerprint density at radius 3 is 2.78 bits per heavy atom. The van der Waals surface area contributed by atoms with E-state index in [9.17, 15) is 4.39 Å². The van der Waals surface area contributed by atoms with Crippen LogP contribution in [0.2, 0.25) is 0 Å². The van der Waals surface area contributed by atoms with Gasteiger partial charge in [0.25, 0.3) is 0 Å². The van der Waals surface area contributed by atoms with Crippen molar-refractivity contribution in [3.63, 3.8) is 0 Å². The average Bonchev–Trinajstić information content (AvgIpc) is 2.39. The Bertz CT molecular complexity index is 546. The molecule has 18 heavy (non-hydrogen) atoms. The molecule has 0 aliphatic heterocycles. The van der Waals surface area contributed by atoms with Gasteiger partial charge in [0.2, 0.25) is 5.88 Å². The van der Waals surface area contributed by atoms with E-state index < -0.39 is 0 Å². The largest absolute Gasteiger partial charge is 0.472 e. The van der Waals surface area contributed by atoms with Crippen LogP contribution in [0.1, 0.15) is 11.1 Å². The molecule has 0 atom stereocenters. The Balaban J connectivity index is 2.14. The van der Waals surface area contributed by atoms with Crippen LogP contribution in [-0.4, -0.2) is 17.0 Å². The Kier molecular flexibility index (Phi) is 3.72. The fourth-order valence-electron chi connectivity index (χ4n) is 1.59. The molecule has 0 amide bonds. The highest BCUT2D eigenvalue weighted by Gasteiger charge is 2.08. The fraction of sp³-hybridized carbons (Fsp3) is 0.231. The number of aromatic nitrogens is 2. The van der Waals surface area contributed by atoms with Crippen LogP contribution in [-0.2, 0) is 6.61 Å². The van der Waals surface area contributed by atoms with Gasteiger partial charge >= 0.3 is 0 Å². The second kappa shape index (κ2) is 5.44. The highest BCUT2D eigenvalue weighted by molar-refractivity contribution is 5.46. The standard InChI is InChI=1S/C13H14FN3O/c1-9-12(15-2)16-8-17-13(9)18-7-10-5-3-4-6-11(10)14/h3-6,8H,7H2,1-2H3,(H,15,16,17). The molecule has 0 unspecified atom stereocenters. The highest BCUT2D eigenvalue weighted by atomic mass is 19.1. The summed E-state index contributed by atoms with van der Waals surface area (Å²) in [5, 5.41) is 2.94. The maximum absolute atomic E-state index is 13.4. The maximum atomic E-state index is 13.4. The molecule has 0 aliphatic rings. The lowest BCUT2D eigenvalue weighted by Gasteiger charge is -2.10.